The fraction of sp³-hybridized carbons (Fsp3) is 0.562. The molecule has 2 fully saturated rings. The van der Waals surface area contributed by atoms with Crippen LogP contribution in [0.4, 0.5) is 5.69 Å². The number of amides is 1. The van der Waals surface area contributed by atoms with Gasteiger partial charge in [-0.2, -0.15) is 0 Å². The van der Waals surface area contributed by atoms with E-state index in [1.807, 2.05) is 25.2 Å². The van der Waals surface area contributed by atoms with Crippen molar-refractivity contribution in [3.05, 3.63) is 29.8 Å². The molecule has 2 aliphatic rings. The predicted octanol–water partition coefficient (Wildman–Crippen LogP) is 2.78. The van der Waals surface area contributed by atoms with Gasteiger partial charge < -0.3 is 10.6 Å². The first-order valence-electron chi connectivity index (χ1n) is 7.31. The maximum atomic E-state index is 12.4. The maximum absolute atomic E-state index is 12.4. The minimum absolute atomic E-state index is 0.232. The molecule has 19 heavy (non-hydrogen) atoms. The molecule has 3 unspecified atom stereocenters. The average Bonchev–Trinajstić information content (AvgIpc) is 3.03. The second-order valence-corrected chi connectivity index (χ2v) is 5.96. The summed E-state index contributed by atoms with van der Waals surface area (Å²) >= 11 is 0. The molecule has 3 rings (SSSR count). The van der Waals surface area contributed by atoms with Crippen molar-refractivity contribution in [2.24, 2.45) is 17.8 Å². The Bertz CT molecular complexity index is 472. The Kier molecular flexibility index (Phi) is 3.56. The van der Waals surface area contributed by atoms with Gasteiger partial charge in [0.1, 0.15) is 0 Å². The first kappa shape index (κ1) is 12.7. The van der Waals surface area contributed by atoms with E-state index in [1.54, 1.807) is 0 Å². The topological polar surface area (TPSA) is 41.1 Å². The molecule has 1 aromatic carbocycles. The van der Waals surface area contributed by atoms with Crippen LogP contribution in [0.15, 0.2) is 24.3 Å². The van der Waals surface area contributed by atoms with Crippen molar-refractivity contribution in [2.75, 3.05) is 12.4 Å². The van der Waals surface area contributed by atoms with Crippen LogP contribution in [0, 0.1) is 17.8 Å². The molecular weight excluding hydrogens is 236 g/mol. The van der Waals surface area contributed by atoms with E-state index in [0.717, 1.165) is 30.1 Å². The quantitative estimate of drug-likeness (QED) is 0.872. The van der Waals surface area contributed by atoms with Crippen LogP contribution in [-0.2, 0) is 11.3 Å². The molecule has 0 heterocycles. The van der Waals surface area contributed by atoms with Gasteiger partial charge in [-0.1, -0.05) is 24.6 Å². The zero-order valence-corrected chi connectivity index (χ0v) is 11.5. The van der Waals surface area contributed by atoms with Gasteiger partial charge in [0.2, 0.25) is 5.91 Å². The summed E-state index contributed by atoms with van der Waals surface area (Å²) in [5, 5.41) is 6.29. The number of rotatable bonds is 4. The van der Waals surface area contributed by atoms with Gasteiger partial charge in [0.15, 0.2) is 0 Å². The van der Waals surface area contributed by atoms with E-state index in [2.05, 4.69) is 16.7 Å². The van der Waals surface area contributed by atoms with Gasteiger partial charge in [0, 0.05) is 18.2 Å². The Morgan fingerprint density at radius 1 is 1.26 bits per heavy atom. The van der Waals surface area contributed by atoms with Crippen LogP contribution in [0.1, 0.15) is 31.2 Å². The molecule has 0 aliphatic heterocycles. The lowest BCUT2D eigenvalue weighted by molar-refractivity contribution is -0.121. The second kappa shape index (κ2) is 5.33. The highest BCUT2D eigenvalue weighted by atomic mass is 16.1. The molecule has 1 aromatic rings. The van der Waals surface area contributed by atoms with E-state index in [1.165, 1.54) is 19.3 Å². The normalized spacial score (nSPS) is 28.6. The molecule has 2 aliphatic carbocycles. The molecule has 2 bridgehead atoms. The minimum Gasteiger partial charge on any atom is -0.326 e. The van der Waals surface area contributed by atoms with E-state index in [0.29, 0.717) is 5.92 Å². The molecule has 3 heteroatoms. The number of nitrogens with one attached hydrogen (secondary N) is 2. The number of hydrogen-bond donors (Lipinski definition) is 2. The zero-order valence-electron chi connectivity index (χ0n) is 11.5. The van der Waals surface area contributed by atoms with Crippen LogP contribution in [0.2, 0.25) is 0 Å². The van der Waals surface area contributed by atoms with E-state index in [4.69, 9.17) is 0 Å². The lowest BCUT2D eigenvalue weighted by Gasteiger charge is -2.21. The lowest BCUT2D eigenvalue weighted by atomic mass is 9.88. The van der Waals surface area contributed by atoms with E-state index < -0.39 is 0 Å². The largest absolute Gasteiger partial charge is 0.326 e. The summed E-state index contributed by atoms with van der Waals surface area (Å²) in [6.07, 6.45) is 4.96. The van der Waals surface area contributed by atoms with Gasteiger partial charge in [0.25, 0.3) is 0 Å². The summed E-state index contributed by atoms with van der Waals surface area (Å²) in [7, 11) is 1.93. The van der Waals surface area contributed by atoms with Crippen molar-refractivity contribution in [1.82, 2.24) is 5.32 Å². The third-order valence-corrected chi connectivity index (χ3v) is 4.72. The lowest BCUT2D eigenvalue weighted by Crippen LogP contribution is -2.27. The summed E-state index contributed by atoms with van der Waals surface area (Å²) in [6, 6.07) is 8.06. The molecule has 2 saturated carbocycles. The van der Waals surface area contributed by atoms with Crippen molar-refractivity contribution in [2.45, 2.75) is 32.2 Å². The third kappa shape index (κ3) is 2.52. The van der Waals surface area contributed by atoms with Crippen LogP contribution >= 0.6 is 0 Å². The highest BCUT2D eigenvalue weighted by Gasteiger charge is 2.43. The van der Waals surface area contributed by atoms with Crippen molar-refractivity contribution in [1.29, 1.82) is 0 Å². The SMILES string of the molecule is CNCc1ccccc1NC(=O)C1CC2CCC1C2. The highest BCUT2D eigenvalue weighted by Crippen LogP contribution is 2.48. The Balaban J connectivity index is 1.69. The average molecular weight is 258 g/mol. The van der Waals surface area contributed by atoms with Crippen molar-refractivity contribution in [3.8, 4) is 0 Å². The standard InChI is InChI=1S/C16H22N2O/c1-17-10-13-4-2-3-5-15(13)18-16(19)14-9-11-6-7-12(14)8-11/h2-5,11-12,14,17H,6-10H2,1H3,(H,18,19). The molecule has 0 radical (unpaired) electrons. The summed E-state index contributed by atoms with van der Waals surface area (Å²) in [5.41, 5.74) is 2.12. The zero-order chi connectivity index (χ0) is 13.2. The number of carbonyl (C=O) groups is 1. The highest BCUT2D eigenvalue weighted by molar-refractivity contribution is 5.93. The van der Waals surface area contributed by atoms with Crippen molar-refractivity contribution >= 4 is 11.6 Å². The van der Waals surface area contributed by atoms with Gasteiger partial charge in [-0.25, -0.2) is 0 Å². The fourth-order valence-corrected chi connectivity index (χ4v) is 3.78. The summed E-state index contributed by atoms with van der Waals surface area (Å²) < 4.78 is 0. The summed E-state index contributed by atoms with van der Waals surface area (Å²) in [5.74, 6) is 1.94. The minimum atomic E-state index is 0.232. The number of carbonyl (C=O) groups excluding carboxylic acids is 1. The summed E-state index contributed by atoms with van der Waals surface area (Å²) in [4.78, 5) is 12.4. The molecule has 0 spiro atoms. The van der Waals surface area contributed by atoms with E-state index in [9.17, 15) is 4.79 Å². The molecule has 3 nitrogen and oxygen atoms in total. The Morgan fingerprint density at radius 2 is 2.11 bits per heavy atom. The molecule has 102 valence electrons. The predicted molar refractivity (Wildman–Crippen MR) is 76.8 cm³/mol. The Labute approximate surface area is 114 Å². The first-order chi connectivity index (χ1) is 9.28. The molecule has 3 atom stereocenters. The fourth-order valence-electron chi connectivity index (χ4n) is 3.78. The van der Waals surface area contributed by atoms with Gasteiger partial charge in [-0.15, -0.1) is 0 Å². The van der Waals surface area contributed by atoms with Crippen molar-refractivity contribution in [3.63, 3.8) is 0 Å². The monoisotopic (exact) mass is 258 g/mol. The maximum Gasteiger partial charge on any atom is 0.227 e. The van der Waals surface area contributed by atoms with Crippen LogP contribution < -0.4 is 10.6 Å². The van der Waals surface area contributed by atoms with Crippen LogP contribution in [0.5, 0.6) is 0 Å². The van der Waals surface area contributed by atoms with Crippen LogP contribution in [0.3, 0.4) is 0 Å². The van der Waals surface area contributed by atoms with Gasteiger partial charge >= 0.3 is 0 Å². The van der Waals surface area contributed by atoms with Crippen LogP contribution in [-0.4, -0.2) is 13.0 Å². The first-order valence-corrected chi connectivity index (χ1v) is 7.31. The third-order valence-electron chi connectivity index (χ3n) is 4.72. The van der Waals surface area contributed by atoms with Gasteiger partial charge in [0.05, 0.1) is 0 Å². The number of fused-ring (bicyclic) bond motifs is 2. The van der Waals surface area contributed by atoms with Crippen molar-refractivity contribution < 1.29 is 4.79 Å². The number of anilines is 1. The smallest absolute Gasteiger partial charge is 0.227 e. The Morgan fingerprint density at radius 3 is 2.79 bits per heavy atom. The molecule has 1 amide bonds. The molecule has 0 saturated heterocycles. The van der Waals surface area contributed by atoms with E-state index >= 15 is 0 Å². The Hall–Kier alpha value is -1.35. The molecule has 0 aromatic heterocycles. The van der Waals surface area contributed by atoms with E-state index in [-0.39, 0.29) is 11.8 Å². The van der Waals surface area contributed by atoms with Gasteiger partial charge in [-0.05, 0) is 49.8 Å². The number of para-hydroxylation sites is 1. The van der Waals surface area contributed by atoms with Crippen LogP contribution in [0.25, 0.3) is 0 Å². The second-order valence-electron chi connectivity index (χ2n) is 5.96. The summed E-state index contributed by atoms with van der Waals surface area (Å²) in [6.45, 7) is 0.785. The molecular formula is C16H22N2O. The molecule has 2 N–H and O–H groups in total. The van der Waals surface area contributed by atoms with Gasteiger partial charge in [-0.3, -0.25) is 4.79 Å². The number of benzene rings is 1. The number of hydrogen-bond acceptors (Lipinski definition) is 2.